The zero-order chi connectivity index (χ0) is 11.5. The molecule has 86 valence electrons. The number of aromatic nitrogens is 2. The molecule has 0 aliphatic heterocycles. The maximum atomic E-state index is 11.7. The first-order valence-electron chi connectivity index (χ1n) is 4.86. The van der Waals surface area contributed by atoms with E-state index in [-0.39, 0.29) is 12.3 Å². The van der Waals surface area contributed by atoms with Crippen LogP contribution in [0.2, 0.25) is 0 Å². The van der Waals surface area contributed by atoms with Crippen molar-refractivity contribution in [3.63, 3.8) is 0 Å². The molecule has 15 heavy (non-hydrogen) atoms. The second-order valence-electron chi connectivity index (χ2n) is 3.58. The molecule has 0 saturated carbocycles. The van der Waals surface area contributed by atoms with Crippen LogP contribution in [-0.2, 0) is 16.4 Å². The van der Waals surface area contributed by atoms with Crippen molar-refractivity contribution in [2.45, 2.75) is 25.6 Å². The van der Waals surface area contributed by atoms with E-state index in [1.165, 1.54) is 0 Å². The third-order valence-electron chi connectivity index (χ3n) is 2.49. The van der Waals surface area contributed by atoms with E-state index in [0.29, 0.717) is 6.54 Å². The molecule has 0 saturated heterocycles. The lowest BCUT2D eigenvalue weighted by Crippen LogP contribution is -2.30. The Hall–Kier alpha value is -0.880. The van der Waals surface area contributed by atoms with Gasteiger partial charge in [0, 0.05) is 25.5 Å². The number of hydrogen-bond donors (Lipinski definition) is 1. The lowest BCUT2D eigenvalue weighted by atomic mass is 10.5. The summed E-state index contributed by atoms with van der Waals surface area (Å²) in [4.78, 5) is 4.03. The fourth-order valence-electron chi connectivity index (χ4n) is 1.21. The van der Waals surface area contributed by atoms with Gasteiger partial charge < -0.3 is 10.3 Å². The van der Waals surface area contributed by atoms with Gasteiger partial charge in [-0.3, -0.25) is 0 Å². The van der Waals surface area contributed by atoms with Gasteiger partial charge in [-0.05, 0) is 13.8 Å². The first-order chi connectivity index (χ1) is 6.97. The van der Waals surface area contributed by atoms with E-state index < -0.39 is 15.1 Å². The van der Waals surface area contributed by atoms with Crippen molar-refractivity contribution in [2.24, 2.45) is 5.73 Å². The van der Waals surface area contributed by atoms with Crippen LogP contribution in [0.1, 0.15) is 12.7 Å². The fourth-order valence-corrected chi connectivity index (χ4v) is 2.36. The quantitative estimate of drug-likeness (QED) is 0.771. The third-order valence-corrected chi connectivity index (χ3v) is 4.66. The summed E-state index contributed by atoms with van der Waals surface area (Å²) < 4.78 is 25.1. The van der Waals surface area contributed by atoms with Gasteiger partial charge in [-0.25, -0.2) is 13.4 Å². The van der Waals surface area contributed by atoms with Gasteiger partial charge in [-0.15, -0.1) is 0 Å². The number of hydrogen-bond acceptors (Lipinski definition) is 4. The lowest BCUT2D eigenvalue weighted by molar-refractivity contribution is 0.576. The standard InChI is InChI=1S/C9H17N3O2S/c1-8(7-10)15(13,14)6-5-12-4-3-11-9(12)2/h3-4,8H,5-7,10H2,1-2H3. The van der Waals surface area contributed by atoms with Crippen LogP contribution in [0, 0.1) is 6.92 Å². The van der Waals surface area contributed by atoms with Gasteiger partial charge in [0.25, 0.3) is 0 Å². The van der Waals surface area contributed by atoms with Gasteiger partial charge in [-0.1, -0.05) is 0 Å². The van der Waals surface area contributed by atoms with E-state index in [9.17, 15) is 8.42 Å². The van der Waals surface area contributed by atoms with Crippen LogP contribution in [0.5, 0.6) is 0 Å². The Kier molecular flexibility index (Phi) is 3.87. The Labute approximate surface area is 90.2 Å². The molecule has 0 aromatic carbocycles. The predicted octanol–water partition coefficient (Wildman–Crippen LogP) is -0.0465. The number of sulfone groups is 1. The summed E-state index contributed by atoms with van der Waals surface area (Å²) in [5, 5.41) is -0.471. The summed E-state index contributed by atoms with van der Waals surface area (Å²) in [7, 11) is -3.08. The Bertz CT molecular complexity index is 411. The summed E-state index contributed by atoms with van der Waals surface area (Å²) in [6, 6.07) is 0. The molecule has 5 nitrogen and oxygen atoms in total. The monoisotopic (exact) mass is 231 g/mol. The Balaban J connectivity index is 2.62. The van der Waals surface area contributed by atoms with Crippen LogP contribution >= 0.6 is 0 Å². The third kappa shape index (κ3) is 3.04. The van der Waals surface area contributed by atoms with Crippen LogP contribution < -0.4 is 5.73 Å². The molecule has 0 fully saturated rings. The van der Waals surface area contributed by atoms with Crippen LogP contribution in [0.3, 0.4) is 0 Å². The molecule has 0 aliphatic carbocycles. The average Bonchev–Trinajstić information content (AvgIpc) is 2.60. The van der Waals surface area contributed by atoms with Crippen molar-refractivity contribution in [3.05, 3.63) is 18.2 Å². The molecule has 0 bridgehead atoms. The molecule has 1 atom stereocenters. The summed E-state index contributed by atoms with van der Waals surface area (Å²) in [6.07, 6.45) is 3.44. The number of imidazole rings is 1. The number of rotatable bonds is 5. The zero-order valence-corrected chi connectivity index (χ0v) is 9.87. The molecule has 0 aliphatic rings. The molecule has 2 N–H and O–H groups in total. The molecule has 6 heteroatoms. The van der Waals surface area contributed by atoms with E-state index in [0.717, 1.165) is 5.82 Å². The maximum Gasteiger partial charge on any atom is 0.155 e. The number of aryl methyl sites for hydroxylation is 2. The maximum absolute atomic E-state index is 11.7. The van der Waals surface area contributed by atoms with E-state index in [4.69, 9.17) is 5.73 Å². The summed E-state index contributed by atoms with van der Waals surface area (Å²) >= 11 is 0. The SMILES string of the molecule is Cc1nccn1CCS(=O)(=O)C(C)CN. The summed E-state index contributed by atoms with van der Waals surface area (Å²) in [5.41, 5.74) is 5.34. The first-order valence-corrected chi connectivity index (χ1v) is 6.58. The Morgan fingerprint density at radius 2 is 2.27 bits per heavy atom. The van der Waals surface area contributed by atoms with E-state index >= 15 is 0 Å². The normalized spacial score (nSPS) is 14.1. The molecule has 0 spiro atoms. The Morgan fingerprint density at radius 1 is 1.60 bits per heavy atom. The van der Waals surface area contributed by atoms with Gasteiger partial charge in [0.2, 0.25) is 0 Å². The molecular formula is C9H17N3O2S. The zero-order valence-electron chi connectivity index (χ0n) is 9.05. The predicted molar refractivity (Wildman–Crippen MR) is 59.3 cm³/mol. The number of nitrogens with two attached hydrogens (primary N) is 1. The van der Waals surface area contributed by atoms with Gasteiger partial charge in [0.05, 0.1) is 11.0 Å². The smallest absolute Gasteiger partial charge is 0.155 e. The van der Waals surface area contributed by atoms with E-state index in [2.05, 4.69) is 4.98 Å². The summed E-state index contributed by atoms with van der Waals surface area (Å²) in [6.45, 7) is 4.10. The number of nitrogens with zero attached hydrogens (tertiary/aromatic N) is 2. The van der Waals surface area contributed by atoms with Gasteiger partial charge in [0.15, 0.2) is 9.84 Å². The minimum atomic E-state index is -3.08. The van der Waals surface area contributed by atoms with Crippen LogP contribution in [0.15, 0.2) is 12.4 Å². The molecule has 1 unspecified atom stereocenters. The molecular weight excluding hydrogens is 214 g/mol. The van der Waals surface area contributed by atoms with Crippen molar-refractivity contribution < 1.29 is 8.42 Å². The van der Waals surface area contributed by atoms with Crippen molar-refractivity contribution in [2.75, 3.05) is 12.3 Å². The van der Waals surface area contributed by atoms with Gasteiger partial charge in [-0.2, -0.15) is 0 Å². The topological polar surface area (TPSA) is 78.0 Å². The minimum Gasteiger partial charge on any atom is -0.334 e. The van der Waals surface area contributed by atoms with Crippen molar-refractivity contribution >= 4 is 9.84 Å². The summed E-state index contributed by atoms with van der Waals surface area (Å²) in [5.74, 6) is 0.938. The van der Waals surface area contributed by atoms with Crippen molar-refractivity contribution in [3.8, 4) is 0 Å². The fraction of sp³-hybridized carbons (Fsp3) is 0.667. The molecule has 1 heterocycles. The first kappa shape index (κ1) is 12.2. The van der Waals surface area contributed by atoms with Crippen LogP contribution in [-0.4, -0.2) is 35.5 Å². The largest absolute Gasteiger partial charge is 0.334 e. The molecule has 1 aromatic rings. The van der Waals surface area contributed by atoms with E-state index in [1.54, 1.807) is 19.3 Å². The van der Waals surface area contributed by atoms with Crippen LogP contribution in [0.25, 0.3) is 0 Å². The highest BCUT2D eigenvalue weighted by Gasteiger charge is 2.19. The molecule has 1 rings (SSSR count). The average molecular weight is 231 g/mol. The highest BCUT2D eigenvalue weighted by molar-refractivity contribution is 7.92. The van der Waals surface area contributed by atoms with Gasteiger partial charge in [0.1, 0.15) is 5.82 Å². The lowest BCUT2D eigenvalue weighted by Gasteiger charge is -2.11. The second-order valence-corrected chi connectivity index (χ2v) is 6.12. The molecule has 0 radical (unpaired) electrons. The Morgan fingerprint density at radius 3 is 2.73 bits per heavy atom. The highest BCUT2D eigenvalue weighted by atomic mass is 32.2. The molecule has 1 aromatic heterocycles. The van der Waals surface area contributed by atoms with Crippen molar-refractivity contribution in [1.29, 1.82) is 0 Å². The van der Waals surface area contributed by atoms with Crippen LogP contribution in [0.4, 0.5) is 0 Å². The van der Waals surface area contributed by atoms with E-state index in [1.807, 2.05) is 11.5 Å². The highest BCUT2D eigenvalue weighted by Crippen LogP contribution is 2.03. The second kappa shape index (κ2) is 4.76. The van der Waals surface area contributed by atoms with Crippen molar-refractivity contribution in [1.82, 2.24) is 9.55 Å². The molecule has 0 amide bonds. The van der Waals surface area contributed by atoms with Gasteiger partial charge >= 0.3 is 0 Å². The minimum absolute atomic E-state index is 0.114.